The molecular formula is C20H19NO2S. The van der Waals surface area contributed by atoms with E-state index in [1.54, 1.807) is 17.8 Å². The van der Waals surface area contributed by atoms with Gasteiger partial charge < -0.3 is 10.4 Å². The predicted octanol–water partition coefficient (Wildman–Crippen LogP) is 4.93. The molecule has 0 saturated heterocycles. The highest BCUT2D eigenvalue weighted by Gasteiger charge is 2.38. The molecule has 4 heteroatoms. The van der Waals surface area contributed by atoms with Crippen LogP contribution in [0.25, 0.3) is 0 Å². The van der Waals surface area contributed by atoms with Gasteiger partial charge in [-0.05, 0) is 60.1 Å². The van der Waals surface area contributed by atoms with E-state index in [0.717, 1.165) is 17.7 Å². The highest BCUT2D eigenvalue weighted by atomic mass is 32.2. The van der Waals surface area contributed by atoms with Crippen LogP contribution in [0.3, 0.4) is 0 Å². The molecular weight excluding hydrogens is 318 g/mol. The van der Waals surface area contributed by atoms with Crippen molar-refractivity contribution in [1.29, 1.82) is 0 Å². The van der Waals surface area contributed by atoms with Crippen LogP contribution < -0.4 is 5.32 Å². The number of hydrogen-bond acceptors (Lipinski definition) is 3. The molecule has 0 bridgehead atoms. The summed E-state index contributed by atoms with van der Waals surface area (Å²) in [5.74, 6) is -0.154. The lowest BCUT2D eigenvalue weighted by molar-refractivity contribution is 0.0696. The number of benzene rings is 2. The molecule has 0 amide bonds. The monoisotopic (exact) mass is 337 g/mol. The second kappa shape index (κ2) is 6.02. The topological polar surface area (TPSA) is 49.3 Å². The summed E-state index contributed by atoms with van der Waals surface area (Å²) in [5.41, 5.74) is 3.80. The largest absolute Gasteiger partial charge is 0.478 e. The van der Waals surface area contributed by atoms with E-state index in [2.05, 4.69) is 48.0 Å². The van der Waals surface area contributed by atoms with E-state index in [-0.39, 0.29) is 12.0 Å². The van der Waals surface area contributed by atoms with Gasteiger partial charge in [0, 0.05) is 16.5 Å². The van der Waals surface area contributed by atoms with Crippen LogP contribution in [-0.2, 0) is 0 Å². The fourth-order valence-corrected chi connectivity index (χ4v) is 4.28. The van der Waals surface area contributed by atoms with Crippen LogP contribution in [0.1, 0.15) is 39.9 Å². The summed E-state index contributed by atoms with van der Waals surface area (Å²) in [6, 6.07) is 14.4. The first-order valence-corrected chi connectivity index (χ1v) is 9.34. The van der Waals surface area contributed by atoms with E-state index in [1.807, 2.05) is 12.1 Å². The molecule has 3 nitrogen and oxygen atoms in total. The van der Waals surface area contributed by atoms with Gasteiger partial charge in [0.2, 0.25) is 0 Å². The lowest BCUT2D eigenvalue weighted by Gasteiger charge is -2.37. The average molecular weight is 337 g/mol. The Bertz CT molecular complexity index is 813. The Kier molecular flexibility index (Phi) is 3.85. The van der Waals surface area contributed by atoms with E-state index >= 15 is 0 Å². The summed E-state index contributed by atoms with van der Waals surface area (Å²) >= 11 is 1.75. The fourth-order valence-electron chi connectivity index (χ4n) is 3.87. The summed E-state index contributed by atoms with van der Waals surface area (Å²) in [6.07, 6.45) is 7.56. The summed E-state index contributed by atoms with van der Waals surface area (Å²) in [7, 11) is 0. The van der Waals surface area contributed by atoms with Gasteiger partial charge >= 0.3 is 5.97 Å². The van der Waals surface area contributed by atoms with E-state index < -0.39 is 5.97 Å². The minimum atomic E-state index is -0.869. The molecule has 2 N–H and O–H groups in total. The summed E-state index contributed by atoms with van der Waals surface area (Å²) in [5, 5.41) is 12.9. The molecule has 0 spiro atoms. The predicted molar refractivity (Wildman–Crippen MR) is 98.0 cm³/mol. The van der Waals surface area contributed by atoms with Crippen LogP contribution in [0.2, 0.25) is 0 Å². The van der Waals surface area contributed by atoms with Crippen molar-refractivity contribution >= 4 is 23.4 Å². The molecule has 3 atom stereocenters. The molecule has 0 unspecified atom stereocenters. The summed E-state index contributed by atoms with van der Waals surface area (Å²) in [4.78, 5) is 12.6. The lowest BCUT2D eigenvalue weighted by Crippen LogP contribution is -2.29. The lowest BCUT2D eigenvalue weighted by atomic mass is 9.76. The van der Waals surface area contributed by atoms with Crippen molar-refractivity contribution in [3.63, 3.8) is 0 Å². The molecule has 0 radical (unpaired) electrons. The first-order valence-electron chi connectivity index (χ1n) is 8.12. The van der Waals surface area contributed by atoms with Gasteiger partial charge in [-0.1, -0.05) is 24.3 Å². The number of carbonyl (C=O) groups is 1. The molecule has 0 saturated carbocycles. The van der Waals surface area contributed by atoms with Gasteiger partial charge in [0.25, 0.3) is 0 Å². The Morgan fingerprint density at radius 2 is 2.00 bits per heavy atom. The van der Waals surface area contributed by atoms with Crippen LogP contribution in [0, 0.1) is 5.92 Å². The Morgan fingerprint density at radius 3 is 2.71 bits per heavy atom. The Labute approximate surface area is 145 Å². The van der Waals surface area contributed by atoms with E-state index in [1.165, 1.54) is 10.5 Å². The molecule has 2 aromatic rings. The molecule has 122 valence electrons. The molecule has 0 fully saturated rings. The number of aromatic carboxylic acids is 1. The number of hydrogen-bond donors (Lipinski definition) is 2. The maximum absolute atomic E-state index is 11.3. The SMILES string of the molecule is CSc1ccc([C@@H]2Nc3ccc(C(=O)O)cc3[C@@H]3C=CC[C@@H]32)cc1. The van der Waals surface area contributed by atoms with Gasteiger partial charge in [-0.15, -0.1) is 11.8 Å². The summed E-state index contributed by atoms with van der Waals surface area (Å²) < 4.78 is 0. The standard InChI is InChI=1S/C20H19NO2S/c1-24-14-8-5-12(6-9-14)19-16-4-2-3-15(16)17-11-13(20(22)23)7-10-18(17)21-19/h2-3,5-11,15-16,19,21H,4H2,1H3,(H,22,23)/t15-,16+,19+/m1/s1. The number of thioether (sulfide) groups is 1. The van der Waals surface area contributed by atoms with Crippen molar-refractivity contribution in [2.24, 2.45) is 5.92 Å². The number of nitrogens with one attached hydrogen (secondary N) is 1. The molecule has 1 heterocycles. The summed E-state index contributed by atoms with van der Waals surface area (Å²) in [6.45, 7) is 0. The quantitative estimate of drug-likeness (QED) is 0.616. The first-order chi connectivity index (χ1) is 11.7. The Hall–Kier alpha value is -2.20. The highest BCUT2D eigenvalue weighted by molar-refractivity contribution is 7.98. The van der Waals surface area contributed by atoms with Gasteiger partial charge in [-0.3, -0.25) is 0 Å². The highest BCUT2D eigenvalue weighted by Crippen LogP contribution is 2.50. The zero-order valence-electron chi connectivity index (χ0n) is 13.4. The van der Waals surface area contributed by atoms with Gasteiger partial charge in [0.05, 0.1) is 11.6 Å². The number of rotatable bonds is 3. The molecule has 1 aliphatic carbocycles. The molecule has 0 aromatic heterocycles. The number of carboxylic acids is 1. The van der Waals surface area contributed by atoms with Gasteiger partial charge in [0.15, 0.2) is 0 Å². The second-order valence-corrected chi connectivity index (χ2v) is 7.24. The van der Waals surface area contributed by atoms with Crippen molar-refractivity contribution in [2.45, 2.75) is 23.3 Å². The molecule has 24 heavy (non-hydrogen) atoms. The molecule has 4 rings (SSSR count). The number of anilines is 1. The third-order valence-electron chi connectivity index (χ3n) is 5.08. The first kappa shape index (κ1) is 15.3. The van der Waals surface area contributed by atoms with Crippen LogP contribution in [0.5, 0.6) is 0 Å². The third kappa shape index (κ3) is 2.51. The number of fused-ring (bicyclic) bond motifs is 3. The van der Waals surface area contributed by atoms with E-state index in [4.69, 9.17) is 0 Å². The molecule has 1 aliphatic heterocycles. The zero-order valence-corrected chi connectivity index (χ0v) is 14.2. The molecule has 2 aromatic carbocycles. The third-order valence-corrected chi connectivity index (χ3v) is 5.83. The number of allylic oxidation sites excluding steroid dienone is 2. The van der Waals surface area contributed by atoms with Gasteiger partial charge in [-0.25, -0.2) is 4.79 Å². The maximum atomic E-state index is 11.3. The van der Waals surface area contributed by atoms with E-state index in [9.17, 15) is 9.90 Å². The van der Waals surface area contributed by atoms with Crippen LogP contribution in [0.15, 0.2) is 59.5 Å². The Morgan fingerprint density at radius 1 is 1.21 bits per heavy atom. The van der Waals surface area contributed by atoms with Crippen molar-refractivity contribution in [3.05, 3.63) is 71.3 Å². The van der Waals surface area contributed by atoms with E-state index in [0.29, 0.717) is 11.5 Å². The smallest absolute Gasteiger partial charge is 0.335 e. The van der Waals surface area contributed by atoms with Crippen molar-refractivity contribution < 1.29 is 9.90 Å². The van der Waals surface area contributed by atoms with Gasteiger partial charge in [-0.2, -0.15) is 0 Å². The van der Waals surface area contributed by atoms with Crippen LogP contribution in [-0.4, -0.2) is 17.3 Å². The molecule has 2 aliphatic rings. The maximum Gasteiger partial charge on any atom is 0.335 e. The van der Waals surface area contributed by atoms with Crippen molar-refractivity contribution in [1.82, 2.24) is 0 Å². The normalized spacial score (nSPS) is 24.1. The second-order valence-electron chi connectivity index (χ2n) is 6.36. The fraction of sp³-hybridized carbons (Fsp3) is 0.250. The van der Waals surface area contributed by atoms with Crippen LogP contribution in [0.4, 0.5) is 5.69 Å². The Balaban J connectivity index is 1.73. The van der Waals surface area contributed by atoms with Crippen LogP contribution >= 0.6 is 11.8 Å². The van der Waals surface area contributed by atoms with Crippen molar-refractivity contribution in [3.8, 4) is 0 Å². The van der Waals surface area contributed by atoms with Crippen molar-refractivity contribution in [2.75, 3.05) is 11.6 Å². The number of carboxylic acid groups (broad SMARTS) is 1. The van der Waals surface area contributed by atoms with Gasteiger partial charge in [0.1, 0.15) is 0 Å². The average Bonchev–Trinajstić information content (AvgIpc) is 3.10. The minimum absolute atomic E-state index is 0.254. The zero-order chi connectivity index (χ0) is 16.7. The minimum Gasteiger partial charge on any atom is -0.478 e.